The molecule has 4 rings (SSSR count). The molecule has 2 amide bonds. The molecule has 3 aromatic carbocycles. The second kappa shape index (κ2) is 10.5. The SMILES string of the molecule is Cc1ccc(NC(=O)[C@H]2CCCN(C(=O)c3c(C)cccc3F)[C@H]2c2ccc(N(C)C)cc2)cc1C. The van der Waals surface area contributed by atoms with Gasteiger partial charge in [0.15, 0.2) is 0 Å². The summed E-state index contributed by atoms with van der Waals surface area (Å²) in [4.78, 5) is 31.1. The largest absolute Gasteiger partial charge is 0.378 e. The zero-order chi connectivity index (χ0) is 26.0. The standard InChI is InChI=1S/C30H34FN3O2/c1-19-11-14-23(18-21(19)3)32-29(35)25-9-7-17-34(30(36)27-20(2)8-6-10-26(27)31)28(25)22-12-15-24(16-13-22)33(4)5/h6,8,10-16,18,25,28H,7,9,17H2,1-5H3,(H,32,35)/t25-,28-/m0/s1. The Kier molecular flexibility index (Phi) is 7.43. The second-order valence-electron chi connectivity index (χ2n) is 9.90. The monoisotopic (exact) mass is 487 g/mol. The molecule has 1 aliphatic rings. The van der Waals surface area contributed by atoms with Gasteiger partial charge in [0.2, 0.25) is 5.91 Å². The Morgan fingerprint density at radius 3 is 2.31 bits per heavy atom. The Morgan fingerprint density at radius 1 is 0.944 bits per heavy atom. The van der Waals surface area contributed by atoms with Crippen LogP contribution < -0.4 is 10.2 Å². The summed E-state index contributed by atoms with van der Waals surface area (Å²) in [5, 5.41) is 3.07. The molecule has 1 fully saturated rings. The van der Waals surface area contributed by atoms with Crippen molar-refractivity contribution in [3.63, 3.8) is 0 Å². The molecule has 0 spiro atoms. The Bertz CT molecular complexity index is 1250. The van der Waals surface area contributed by atoms with E-state index in [2.05, 4.69) is 5.32 Å². The molecule has 1 heterocycles. The van der Waals surface area contributed by atoms with Crippen molar-refractivity contribution in [3.8, 4) is 0 Å². The maximum atomic E-state index is 14.8. The maximum absolute atomic E-state index is 14.8. The Morgan fingerprint density at radius 2 is 1.67 bits per heavy atom. The number of nitrogens with one attached hydrogen (secondary N) is 1. The number of hydrogen-bond donors (Lipinski definition) is 1. The number of halogens is 1. The summed E-state index contributed by atoms with van der Waals surface area (Å²) < 4.78 is 14.8. The number of amides is 2. The fraction of sp³-hybridized carbons (Fsp3) is 0.333. The number of piperidine rings is 1. The van der Waals surface area contributed by atoms with Gasteiger partial charge in [0.25, 0.3) is 5.91 Å². The molecule has 0 radical (unpaired) electrons. The third-order valence-corrected chi connectivity index (χ3v) is 7.19. The van der Waals surface area contributed by atoms with E-state index in [0.29, 0.717) is 24.9 Å². The van der Waals surface area contributed by atoms with Crippen molar-refractivity contribution in [2.75, 3.05) is 30.9 Å². The predicted octanol–water partition coefficient (Wildman–Crippen LogP) is 6.05. The van der Waals surface area contributed by atoms with Gasteiger partial charge in [0.05, 0.1) is 17.5 Å². The number of nitrogens with zero attached hydrogens (tertiary/aromatic N) is 2. The Labute approximate surface area is 212 Å². The average Bonchev–Trinajstić information content (AvgIpc) is 2.85. The van der Waals surface area contributed by atoms with Gasteiger partial charge in [0, 0.05) is 32.0 Å². The molecule has 0 bridgehead atoms. The molecule has 5 nitrogen and oxygen atoms in total. The zero-order valence-corrected chi connectivity index (χ0v) is 21.6. The van der Waals surface area contributed by atoms with Gasteiger partial charge in [-0.2, -0.15) is 0 Å². The van der Waals surface area contributed by atoms with E-state index in [1.165, 1.54) is 6.07 Å². The number of likely N-dealkylation sites (tertiary alicyclic amines) is 1. The predicted molar refractivity (Wildman–Crippen MR) is 143 cm³/mol. The van der Waals surface area contributed by atoms with Gasteiger partial charge in [-0.3, -0.25) is 9.59 Å². The van der Waals surface area contributed by atoms with E-state index in [1.54, 1.807) is 24.0 Å². The first-order valence-corrected chi connectivity index (χ1v) is 12.4. The molecule has 2 atom stereocenters. The lowest BCUT2D eigenvalue weighted by molar-refractivity contribution is -0.123. The molecule has 1 N–H and O–H groups in total. The molecule has 36 heavy (non-hydrogen) atoms. The third kappa shape index (κ3) is 5.13. The van der Waals surface area contributed by atoms with Crippen LogP contribution in [0.3, 0.4) is 0 Å². The highest BCUT2D eigenvalue weighted by molar-refractivity contribution is 5.98. The number of rotatable bonds is 5. The van der Waals surface area contributed by atoms with Gasteiger partial charge in [0.1, 0.15) is 5.82 Å². The molecule has 188 valence electrons. The summed E-state index contributed by atoms with van der Waals surface area (Å²) in [6, 6.07) is 17.9. The van der Waals surface area contributed by atoms with Gasteiger partial charge < -0.3 is 15.1 Å². The third-order valence-electron chi connectivity index (χ3n) is 7.19. The lowest BCUT2D eigenvalue weighted by atomic mass is 9.83. The normalized spacial score (nSPS) is 17.6. The Hall–Kier alpha value is -3.67. The van der Waals surface area contributed by atoms with Crippen molar-refractivity contribution in [1.29, 1.82) is 0 Å². The summed E-state index contributed by atoms with van der Waals surface area (Å²) in [6.45, 7) is 6.24. The average molecular weight is 488 g/mol. The van der Waals surface area contributed by atoms with Crippen LogP contribution in [0.4, 0.5) is 15.8 Å². The molecule has 0 aliphatic carbocycles. The smallest absolute Gasteiger partial charge is 0.257 e. The van der Waals surface area contributed by atoms with E-state index in [0.717, 1.165) is 28.1 Å². The molecule has 0 saturated carbocycles. The van der Waals surface area contributed by atoms with Crippen LogP contribution in [0.5, 0.6) is 0 Å². The minimum atomic E-state index is -0.539. The van der Waals surface area contributed by atoms with Crippen LogP contribution in [0.1, 0.15) is 51.5 Å². The zero-order valence-electron chi connectivity index (χ0n) is 21.6. The molecule has 6 heteroatoms. The van der Waals surface area contributed by atoms with Crippen molar-refractivity contribution in [3.05, 3.63) is 94.3 Å². The van der Waals surface area contributed by atoms with Gasteiger partial charge >= 0.3 is 0 Å². The summed E-state index contributed by atoms with van der Waals surface area (Å²) >= 11 is 0. The fourth-order valence-corrected chi connectivity index (χ4v) is 4.98. The highest BCUT2D eigenvalue weighted by Gasteiger charge is 2.40. The van der Waals surface area contributed by atoms with E-state index >= 15 is 0 Å². The van der Waals surface area contributed by atoms with Crippen LogP contribution in [0.25, 0.3) is 0 Å². The van der Waals surface area contributed by atoms with Crippen LogP contribution in [0.15, 0.2) is 60.7 Å². The molecular formula is C30H34FN3O2. The number of anilines is 2. The van der Waals surface area contributed by atoms with Crippen LogP contribution in [0, 0.1) is 32.5 Å². The van der Waals surface area contributed by atoms with Gasteiger partial charge in [-0.1, -0.05) is 30.3 Å². The summed E-state index contributed by atoms with van der Waals surface area (Å²) in [6.07, 6.45) is 1.30. The highest BCUT2D eigenvalue weighted by atomic mass is 19.1. The number of carbonyl (C=O) groups excluding carboxylic acids is 2. The summed E-state index contributed by atoms with van der Waals surface area (Å²) in [7, 11) is 3.93. The van der Waals surface area contributed by atoms with Crippen LogP contribution in [-0.2, 0) is 4.79 Å². The lowest BCUT2D eigenvalue weighted by Gasteiger charge is -2.41. The van der Waals surface area contributed by atoms with Crippen molar-refractivity contribution in [2.45, 2.75) is 39.7 Å². The first-order chi connectivity index (χ1) is 17.2. The van der Waals surface area contributed by atoms with E-state index < -0.39 is 17.8 Å². The number of hydrogen-bond acceptors (Lipinski definition) is 3. The molecule has 0 unspecified atom stereocenters. The molecular weight excluding hydrogens is 453 g/mol. The first-order valence-electron chi connectivity index (χ1n) is 12.4. The van der Waals surface area contributed by atoms with Gasteiger partial charge in [-0.25, -0.2) is 4.39 Å². The fourth-order valence-electron chi connectivity index (χ4n) is 4.98. The van der Waals surface area contributed by atoms with Crippen LogP contribution in [0.2, 0.25) is 0 Å². The summed E-state index contributed by atoms with van der Waals surface area (Å²) in [5.41, 5.74) is 5.53. The lowest BCUT2D eigenvalue weighted by Crippen LogP contribution is -2.46. The number of carbonyl (C=O) groups is 2. The quantitative estimate of drug-likeness (QED) is 0.477. The van der Waals surface area contributed by atoms with Crippen molar-refractivity contribution in [1.82, 2.24) is 4.90 Å². The summed E-state index contributed by atoms with van der Waals surface area (Å²) in [5.74, 6) is -1.52. The number of benzene rings is 3. The molecule has 1 aliphatic heterocycles. The topological polar surface area (TPSA) is 52.7 Å². The van der Waals surface area contributed by atoms with E-state index in [4.69, 9.17) is 0 Å². The number of aryl methyl sites for hydroxylation is 3. The minimum Gasteiger partial charge on any atom is -0.378 e. The maximum Gasteiger partial charge on any atom is 0.257 e. The van der Waals surface area contributed by atoms with E-state index in [9.17, 15) is 14.0 Å². The van der Waals surface area contributed by atoms with Crippen LogP contribution >= 0.6 is 0 Å². The van der Waals surface area contributed by atoms with Crippen molar-refractivity contribution >= 4 is 23.2 Å². The van der Waals surface area contributed by atoms with Crippen molar-refractivity contribution < 1.29 is 14.0 Å². The highest BCUT2D eigenvalue weighted by Crippen LogP contribution is 2.39. The Balaban J connectivity index is 1.73. The van der Waals surface area contributed by atoms with Gasteiger partial charge in [-0.15, -0.1) is 0 Å². The van der Waals surface area contributed by atoms with E-state index in [-0.39, 0.29) is 17.4 Å². The molecule has 3 aromatic rings. The molecule has 0 aromatic heterocycles. The van der Waals surface area contributed by atoms with Gasteiger partial charge in [-0.05, 0) is 86.2 Å². The molecule has 1 saturated heterocycles. The van der Waals surface area contributed by atoms with Crippen molar-refractivity contribution in [2.24, 2.45) is 5.92 Å². The second-order valence-corrected chi connectivity index (χ2v) is 9.90. The minimum absolute atomic E-state index is 0.0719. The first kappa shape index (κ1) is 25.4. The van der Waals surface area contributed by atoms with Crippen LogP contribution in [-0.4, -0.2) is 37.4 Å². The van der Waals surface area contributed by atoms with E-state index in [1.807, 2.05) is 75.3 Å².